The van der Waals surface area contributed by atoms with Gasteiger partial charge in [-0.1, -0.05) is 71.2 Å². The Labute approximate surface area is 227 Å². The lowest BCUT2D eigenvalue weighted by Crippen LogP contribution is -2.42. The number of halogens is 3. The fourth-order valence-corrected chi connectivity index (χ4v) is 3.66. The molecule has 1 amide bonds. The number of imidazole rings is 1. The predicted molar refractivity (Wildman–Crippen MR) is 147 cm³/mol. The molecule has 0 spiro atoms. The summed E-state index contributed by atoms with van der Waals surface area (Å²) in [6, 6.07) is 15.9. The molecule has 4 rings (SSSR count). The molecule has 0 radical (unpaired) electrons. The van der Waals surface area contributed by atoms with Gasteiger partial charge in [0.25, 0.3) is 5.56 Å². The molecule has 194 valence electrons. The Morgan fingerprint density at radius 1 is 1.08 bits per heavy atom. The summed E-state index contributed by atoms with van der Waals surface area (Å²) >= 11 is 17.7. The smallest absolute Gasteiger partial charge is 0.412 e. The van der Waals surface area contributed by atoms with Crippen LogP contribution in [0.25, 0.3) is 22.4 Å². The maximum atomic E-state index is 12.8. The summed E-state index contributed by atoms with van der Waals surface area (Å²) in [7, 11) is 0. The minimum absolute atomic E-state index is 0.165. The van der Waals surface area contributed by atoms with Crippen molar-refractivity contribution in [1.82, 2.24) is 15.0 Å². The van der Waals surface area contributed by atoms with Crippen LogP contribution in [-0.2, 0) is 4.74 Å². The third-order valence-electron chi connectivity index (χ3n) is 5.65. The molecule has 2 aromatic carbocycles. The number of hydrogen-bond donors (Lipinski definition) is 5. The molecule has 12 heteroatoms. The molecular weight excluding hydrogens is 541 g/mol. The summed E-state index contributed by atoms with van der Waals surface area (Å²) in [6.07, 6.45) is -0.126. The highest BCUT2D eigenvalue weighted by Crippen LogP contribution is 2.40. The molecule has 0 aliphatic rings. The topological polar surface area (TPSA) is 132 Å². The highest BCUT2D eigenvalue weighted by atomic mass is 35.6. The van der Waals surface area contributed by atoms with Gasteiger partial charge < -0.3 is 25.1 Å². The van der Waals surface area contributed by atoms with Gasteiger partial charge in [-0.15, -0.1) is 0 Å². The number of fused-ring (bicyclic) bond motifs is 1. The summed E-state index contributed by atoms with van der Waals surface area (Å²) in [5.74, 6) is 0.262. The number of carbonyl (C=O) groups is 1. The maximum absolute atomic E-state index is 12.8. The molecule has 0 fully saturated rings. The number of rotatable bonds is 7. The van der Waals surface area contributed by atoms with Crippen LogP contribution in [0.15, 0.2) is 65.6 Å². The van der Waals surface area contributed by atoms with Crippen molar-refractivity contribution in [1.29, 1.82) is 0 Å². The Balaban J connectivity index is 1.61. The second-order valence-corrected chi connectivity index (χ2v) is 11.0. The Bertz CT molecular complexity index is 1460. The summed E-state index contributed by atoms with van der Waals surface area (Å²) in [6.45, 7) is 3.11. The number of pyridine rings is 1. The van der Waals surface area contributed by atoms with Crippen molar-refractivity contribution in [3.63, 3.8) is 0 Å². The average Bonchev–Trinajstić information content (AvgIpc) is 3.27. The first-order valence-corrected chi connectivity index (χ1v) is 12.3. The van der Waals surface area contributed by atoms with Crippen LogP contribution >= 0.6 is 34.8 Å². The second kappa shape index (κ2) is 10.6. The zero-order chi connectivity index (χ0) is 26.8. The number of hydrogen-bond acceptors (Lipinski definition) is 6. The van der Waals surface area contributed by atoms with Gasteiger partial charge in [-0.2, -0.15) is 0 Å². The summed E-state index contributed by atoms with van der Waals surface area (Å²) in [5.41, 5.74) is 0.953. The number of nitrogens with one attached hydrogen (secondary N) is 4. The molecular formula is C25H24Cl3N5O4. The number of benzene rings is 2. The van der Waals surface area contributed by atoms with E-state index in [1.165, 1.54) is 20.0 Å². The number of amides is 1. The van der Waals surface area contributed by atoms with E-state index in [2.05, 4.69) is 25.6 Å². The fraction of sp³-hybridized carbons (Fsp3) is 0.240. The number of nitrogens with zero attached hydrogens (tertiary/aromatic N) is 1. The van der Waals surface area contributed by atoms with Gasteiger partial charge in [0.15, 0.2) is 5.60 Å². The van der Waals surface area contributed by atoms with E-state index in [-0.39, 0.29) is 17.9 Å². The highest BCUT2D eigenvalue weighted by Gasteiger charge is 2.44. The molecule has 2 aromatic heterocycles. The SMILES string of the molecule is CC(C)(OC(=O)Nc1cccc2nc(-c3c(NC[C@@H](O)c4ccccc4)cc[nH]c3=O)[nH]c12)C(Cl)(Cl)Cl. The number of ether oxygens (including phenoxy) is 1. The molecule has 0 bridgehead atoms. The first-order valence-electron chi connectivity index (χ1n) is 11.2. The van der Waals surface area contributed by atoms with Crippen molar-refractivity contribution < 1.29 is 14.6 Å². The van der Waals surface area contributed by atoms with Crippen molar-refractivity contribution in [3.05, 3.63) is 76.7 Å². The number of anilines is 2. The van der Waals surface area contributed by atoms with E-state index in [9.17, 15) is 14.7 Å². The molecule has 0 unspecified atom stereocenters. The number of carbonyl (C=O) groups excluding carboxylic acids is 1. The van der Waals surface area contributed by atoms with Gasteiger partial charge in [-0.25, -0.2) is 9.78 Å². The van der Waals surface area contributed by atoms with Gasteiger partial charge in [0, 0.05) is 12.7 Å². The van der Waals surface area contributed by atoms with Crippen molar-refractivity contribution in [3.8, 4) is 11.4 Å². The van der Waals surface area contributed by atoms with Crippen LogP contribution in [0.3, 0.4) is 0 Å². The highest BCUT2D eigenvalue weighted by molar-refractivity contribution is 6.68. The van der Waals surface area contributed by atoms with Crippen LogP contribution in [-0.4, -0.2) is 42.1 Å². The zero-order valence-electron chi connectivity index (χ0n) is 19.8. The quantitative estimate of drug-likeness (QED) is 0.181. The average molecular weight is 565 g/mol. The second-order valence-electron chi connectivity index (χ2n) is 8.71. The molecule has 0 saturated carbocycles. The van der Waals surface area contributed by atoms with Gasteiger partial charge in [0.2, 0.25) is 3.79 Å². The van der Waals surface area contributed by atoms with Crippen LogP contribution in [0.2, 0.25) is 0 Å². The van der Waals surface area contributed by atoms with E-state index < -0.39 is 27.2 Å². The summed E-state index contributed by atoms with van der Waals surface area (Å²) in [4.78, 5) is 35.6. The van der Waals surface area contributed by atoms with Gasteiger partial charge in [-0.05, 0) is 37.6 Å². The maximum Gasteiger partial charge on any atom is 0.412 e. The number of H-pyrrole nitrogens is 2. The molecule has 0 aliphatic heterocycles. The van der Waals surface area contributed by atoms with Crippen molar-refractivity contribution in [2.24, 2.45) is 0 Å². The lowest BCUT2D eigenvalue weighted by Gasteiger charge is -2.31. The third kappa shape index (κ3) is 6.02. The number of aliphatic hydroxyl groups excluding tert-OH is 1. The minimum Gasteiger partial charge on any atom is -0.439 e. The van der Waals surface area contributed by atoms with E-state index in [1.54, 1.807) is 24.3 Å². The Hall–Kier alpha value is -3.24. The van der Waals surface area contributed by atoms with Gasteiger partial charge in [0.05, 0.1) is 28.5 Å². The number of aliphatic hydroxyl groups is 1. The first kappa shape index (κ1) is 26.8. The summed E-state index contributed by atoms with van der Waals surface area (Å²) in [5, 5.41) is 16.3. The van der Waals surface area contributed by atoms with E-state index >= 15 is 0 Å². The monoisotopic (exact) mass is 563 g/mol. The van der Waals surface area contributed by atoms with Crippen molar-refractivity contribution in [2.75, 3.05) is 17.2 Å². The van der Waals surface area contributed by atoms with Crippen molar-refractivity contribution in [2.45, 2.75) is 29.3 Å². The Morgan fingerprint density at radius 2 is 1.81 bits per heavy atom. The standard InChI is InChI=1S/C25H24Cl3N5O4/c1-24(2,25(26,27)28)37-23(36)32-17-10-6-9-16-20(17)33-21(31-16)19-15(11-12-29-22(19)35)30-13-18(34)14-7-4-3-5-8-14/h3-12,18,34H,13H2,1-2H3,(H,31,33)(H,32,36)(H2,29,30,35)/t18-/m1/s1. The van der Waals surface area contributed by atoms with Crippen LogP contribution in [0, 0.1) is 0 Å². The van der Waals surface area contributed by atoms with Crippen LogP contribution in [0.5, 0.6) is 0 Å². The van der Waals surface area contributed by atoms with E-state index in [0.29, 0.717) is 22.4 Å². The molecule has 37 heavy (non-hydrogen) atoms. The van der Waals surface area contributed by atoms with E-state index in [0.717, 1.165) is 5.56 Å². The van der Waals surface area contributed by atoms with Gasteiger partial charge >= 0.3 is 6.09 Å². The zero-order valence-corrected chi connectivity index (χ0v) is 22.1. The van der Waals surface area contributed by atoms with Crippen LogP contribution in [0.1, 0.15) is 25.5 Å². The molecule has 9 nitrogen and oxygen atoms in total. The minimum atomic E-state index is -1.84. The van der Waals surface area contributed by atoms with E-state index in [4.69, 9.17) is 39.5 Å². The number of aromatic nitrogens is 3. The largest absolute Gasteiger partial charge is 0.439 e. The molecule has 0 saturated heterocycles. The number of alkyl halides is 3. The lowest BCUT2D eigenvalue weighted by atomic mass is 10.1. The van der Waals surface area contributed by atoms with E-state index in [1.807, 2.05) is 30.3 Å². The van der Waals surface area contributed by atoms with Crippen LogP contribution in [0.4, 0.5) is 16.2 Å². The molecule has 1 atom stereocenters. The lowest BCUT2D eigenvalue weighted by molar-refractivity contribution is 0.0519. The Morgan fingerprint density at radius 3 is 2.51 bits per heavy atom. The normalized spacial score (nSPS) is 12.8. The Kier molecular flexibility index (Phi) is 7.70. The number of aromatic amines is 2. The first-order chi connectivity index (χ1) is 17.5. The summed E-state index contributed by atoms with van der Waals surface area (Å²) < 4.78 is 3.46. The third-order valence-corrected chi connectivity index (χ3v) is 7.02. The molecule has 5 N–H and O–H groups in total. The molecule has 4 aromatic rings. The van der Waals surface area contributed by atoms with Crippen molar-refractivity contribution >= 4 is 63.3 Å². The number of para-hydroxylation sites is 1. The van der Waals surface area contributed by atoms with Gasteiger partial charge in [0.1, 0.15) is 11.4 Å². The van der Waals surface area contributed by atoms with Gasteiger partial charge in [-0.3, -0.25) is 10.1 Å². The molecule has 0 aliphatic carbocycles. The van der Waals surface area contributed by atoms with Crippen LogP contribution < -0.4 is 16.2 Å². The predicted octanol–water partition coefficient (Wildman–Crippen LogP) is 5.76. The fourth-order valence-electron chi connectivity index (χ4n) is 3.54. The molecule has 2 heterocycles.